The Labute approximate surface area is 152 Å². The van der Waals surface area contributed by atoms with Crippen LogP contribution in [0.25, 0.3) is 10.2 Å². The minimum atomic E-state index is -0.290. The van der Waals surface area contributed by atoms with Gasteiger partial charge in [-0.15, -0.1) is 11.3 Å². The van der Waals surface area contributed by atoms with E-state index in [9.17, 15) is 4.79 Å². The molecule has 3 rings (SSSR count). The molecule has 1 atom stereocenters. The number of halogens is 2. The summed E-state index contributed by atoms with van der Waals surface area (Å²) in [7, 11) is 0. The summed E-state index contributed by atoms with van der Waals surface area (Å²) < 4.78 is 1.99. The molecular weight excluding hydrogens is 371 g/mol. The molecule has 1 N–H and O–H groups in total. The number of carbonyl (C=O) groups is 1. The molecule has 0 radical (unpaired) electrons. The van der Waals surface area contributed by atoms with E-state index in [1.54, 1.807) is 29.5 Å². The molecule has 23 heavy (non-hydrogen) atoms. The first-order valence-electron chi connectivity index (χ1n) is 6.81. The average molecular weight is 383 g/mol. The molecule has 0 bridgehead atoms. The van der Waals surface area contributed by atoms with E-state index in [-0.39, 0.29) is 11.2 Å². The summed E-state index contributed by atoms with van der Waals surface area (Å²) in [5.41, 5.74) is 1.51. The Bertz CT molecular complexity index is 833. The first-order valence-corrected chi connectivity index (χ1v) is 9.26. The molecule has 3 nitrogen and oxygen atoms in total. The lowest BCUT2D eigenvalue weighted by Crippen LogP contribution is -2.22. The highest BCUT2D eigenvalue weighted by Crippen LogP contribution is 2.33. The fraction of sp³-hybridized carbons (Fsp3) is 0.125. The Morgan fingerprint density at radius 3 is 2.78 bits per heavy atom. The second kappa shape index (κ2) is 7.09. The van der Waals surface area contributed by atoms with Crippen LogP contribution in [0.5, 0.6) is 0 Å². The van der Waals surface area contributed by atoms with Crippen LogP contribution in [0.3, 0.4) is 0 Å². The smallest absolute Gasteiger partial charge is 0.237 e. The minimum Gasteiger partial charge on any atom is -0.324 e. The predicted octanol–water partition coefficient (Wildman–Crippen LogP) is 5.72. The van der Waals surface area contributed by atoms with E-state index in [2.05, 4.69) is 10.3 Å². The van der Waals surface area contributed by atoms with Crippen molar-refractivity contribution in [2.75, 3.05) is 5.32 Å². The number of hydrogen-bond acceptors (Lipinski definition) is 4. The Kier molecular flexibility index (Phi) is 5.11. The normalized spacial score (nSPS) is 12.3. The largest absolute Gasteiger partial charge is 0.324 e. The molecule has 0 unspecified atom stereocenters. The van der Waals surface area contributed by atoms with Gasteiger partial charge in [-0.25, -0.2) is 4.98 Å². The lowest BCUT2D eigenvalue weighted by atomic mass is 10.3. The summed E-state index contributed by atoms with van der Waals surface area (Å²) in [6, 6.07) is 12.9. The number of nitrogens with one attached hydrogen (secondary N) is 1. The van der Waals surface area contributed by atoms with Gasteiger partial charge in [0.1, 0.15) is 0 Å². The zero-order chi connectivity index (χ0) is 16.4. The van der Waals surface area contributed by atoms with Crippen LogP contribution in [0.4, 0.5) is 5.69 Å². The third-order valence-electron chi connectivity index (χ3n) is 3.11. The molecule has 1 heterocycles. The van der Waals surface area contributed by atoms with Gasteiger partial charge in [0.25, 0.3) is 0 Å². The second-order valence-electron chi connectivity index (χ2n) is 4.82. The van der Waals surface area contributed by atoms with Crippen LogP contribution in [-0.2, 0) is 4.79 Å². The van der Waals surface area contributed by atoms with Gasteiger partial charge in [-0.2, -0.15) is 0 Å². The van der Waals surface area contributed by atoms with Gasteiger partial charge in [0, 0.05) is 5.02 Å². The Morgan fingerprint density at radius 1 is 1.26 bits per heavy atom. The van der Waals surface area contributed by atoms with Gasteiger partial charge in [0.15, 0.2) is 4.34 Å². The zero-order valence-corrected chi connectivity index (χ0v) is 15.2. The lowest BCUT2D eigenvalue weighted by molar-refractivity contribution is -0.115. The van der Waals surface area contributed by atoms with E-state index >= 15 is 0 Å². The maximum absolute atomic E-state index is 12.3. The van der Waals surface area contributed by atoms with Crippen LogP contribution in [0.1, 0.15) is 6.92 Å². The number of aromatic nitrogens is 1. The van der Waals surface area contributed by atoms with Gasteiger partial charge in [0.2, 0.25) is 5.91 Å². The van der Waals surface area contributed by atoms with Gasteiger partial charge in [-0.05, 0) is 37.3 Å². The monoisotopic (exact) mass is 382 g/mol. The van der Waals surface area contributed by atoms with E-state index in [4.69, 9.17) is 23.2 Å². The summed E-state index contributed by atoms with van der Waals surface area (Å²) >= 11 is 14.9. The Hall–Kier alpha value is -1.27. The molecule has 0 aliphatic carbocycles. The SMILES string of the molecule is C[C@H](Sc1nc2ccccc2s1)C(=O)Nc1ccc(Cl)cc1Cl. The van der Waals surface area contributed by atoms with E-state index in [1.807, 2.05) is 31.2 Å². The van der Waals surface area contributed by atoms with Crippen LogP contribution >= 0.6 is 46.3 Å². The first-order chi connectivity index (χ1) is 11.0. The van der Waals surface area contributed by atoms with Crippen LogP contribution in [0, 0.1) is 0 Å². The minimum absolute atomic E-state index is 0.126. The van der Waals surface area contributed by atoms with Crippen molar-refractivity contribution in [3.63, 3.8) is 0 Å². The summed E-state index contributed by atoms with van der Waals surface area (Å²) in [4.78, 5) is 16.9. The number of amides is 1. The molecule has 0 aliphatic heterocycles. The maximum Gasteiger partial charge on any atom is 0.237 e. The van der Waals surface area contributed by atoms with Crippen LogP contribution in [-0.4, -0.2) is 16.1 Å². The van der Waals surface area contributed by atoms with Crippen molar-refractivity contribution in [2.45, 2.75) is 16.5 Å². The highest BCUT2D eigenvalue weighted by Gasteiger charge is 2.18. The third kappa shape index (κ3) is 3.98. The number of hydrogen-bond donors (Lipinski definition) is 1. The lowest BCUT2D eigenvalue weighted by Gasteiger charge is -2.11. The Balaban J connectivity index is 1.69. The molecule has 0 saturated heterocycles. The van der Waals surface area contributed by atoms with Crippen molar-refractivity contribution >= 4 is 68.1 Å². The van der Waals surface area contributed by atoms with E-state index in [0.717, 1.165) is 14.6 Å². The molecule has 0 saturated carbocycles. The fourth-order valence-corrected chi connectivity index (χ4v) is 4.60. The third-order valence-corrected chi connectivity index (χ3v) is 5.89. The van der Waals surface area contributed by atoms with Gasteiger partial charge >= 0.3 is 0 Å². The molecular formula is C16H12Cl2N2OS2. The van der Waals surface area contributed by atoms with E-state index < -0.39 is 0 Å². The van der Waals surface area contributed by atoms with E-state index in [1.165, 1.54) is 11.8 Å². The van der Waals surface area contributed by atoms with E-state index in [0.29, 0.717) is 15.7 Å². The molecule has 0 fully saturated rings. The molecule has 2 aromatic carbocycles. The van der Waals surface area contributed by atoms with Crippen LogP contribution < -0.4 is 5.32 Å². The van der Waals surface area contributed by atoms with Crippen LogP contribution in [0.2, 0.25) is 10.0 Å². The van der Waals surface area contributed by atoms with Crippen molar-refractivity contribution in [1.29, 1.82) is 0 Å². The number of para-hydroxylation sites is 1. The number of benzene rings is 2. The topological polar surface area (TPSA) is 42.0 Å². The van der Waals surface area contributed by atoms with Gasteiger partial charge in [-0.3, -0.25) is 4.79 Å². The second-order valence-corrected chi connectivity index (χ2v) is 8.28. The molecule has 3 aromatic rings. The number of thioether (sulfide) groups is 1. The number of rotatable bonds is 4. The summed E-state index contributed by atoms with van der Waals surface area (Å²) in [6.07, 6.45) is 0. The van der Waals surface area contributed by atoms with Gasteiger partial charge in [0.05, 0.1) is 26.2 Å². The molecule has 0 spiro atoms. The Morgan fingerprint density at radius 2 is 2.04 bits per heavy atom. The quantitative estimate of drug-likeness (QED) is 0.586. The van der Waals surface area contributed by atoms with Crippen LogP contribution in [0.15, 0.2) is 46.8 Å². The van der Waals surface area contributed by atoms with Crippen molar-refractivity contribution < 1.29 is 4.79 Å². The molecule has 1 amide bonds. The van der Waals surface area contributed by atoms with Crippen molar-refractivity contribution in [1.82, 2.24) is 4.98 Å². The maximum atomic E-state index is 12.3. The molecule has 0 aliphatic rings. The first kappa shape index (κ1) is 16.6. The summed E-state index contributed by atoms with van der Waals surface area (Å²) in [5.74, 6) is -0.126. The number of carbonyl (C=O) groups excluding carboxylic acids is 1. The highest BCUT2D eigenvalue weighted by molar-refractivity contribution is 8.02. The fourth-order valence-electron chi connectivity index (χ4n) is 1.93. The molecule has 1 aromatic heterocycles. The summed E-state index contributed by atoms with van der Waals surface area (Å²) in [5, 5.41) is 3.48. The number of thiazole rings is 1. The van der Waals surface area contributed by atoms with Crippen molar-refractivity contribution in [3.8, 4) is 0 Å². The molecule has 7 heteroatoms. The highest BCUT2D eigenvalue weighted by atomic mass is 35.5. The van der Waals surface area contributed by atoms with Crippen molar-refractivity contribution in [3.05, 3.63) is 52.5 Å². The zero-order valence-electron chi connectivity index (χ0n) is 12.0. The predicted molar refractivity (Wildman–Crippen MR) is 100 cm³/mol. The van der Waals surface area contributed by atoms with Crippen molar-refractivity contribution in [2.24, 2.45) is 0 Å². The molecule has 118 valence electrons. The van der Waals surface area contributed by atoms with Gasteiger partial charge < -0.3 is 5.32 Å². The number of fused-ring (bicyclic) bond motifs is 1. The number of nitrogens with zero attached hydrogens (tertiary/aromatic N) is 1. The summed E-state index contributed by atoms with van der Waals surface area (Å²) in [6.45, 7) is 1.84. The average Bonchev–Trinajstić information content (AvgIpc) is 2.92. The van der Waals surface area contributed by atoms with Gasteiger partial charge in [-0.1, -0.05) is 47.1 Å². The standard InChI is InChI=1S/C16H12Cl2N2OS2/c1-9(15(21)19-12-7-6-10(17)8-11(12)18)22-16-20-13-4-2-3-5-14(13)23-16/h2-9H,1H3,(H,19,21)/t9-/m0/s1. The number of anilines is 1.